The van der Waals surface area contributed by atoms with E-state index < -0.39 is 54.5 Å². The molecule has 2 aromatic heterocycles. The molecule has 3 aliphatic heterocycles. The number of alkyl halides is 3. The van der Waals surface area contributed by atoms with E-state index in [1.165, 1.54) is 11.3 Å². The van der Waals surface area contributed by atoms with Gasteiger partial charge in [-0.1, -0.05) is 44.9 Å². The van der Waals surface area contributed by atoms with Crippen molar-refractivity contribution in [2.75, 3.05) is 38.5 Å². The van der Waals surface area contributed by atoms with Crippen molar-refractivity contribution in [1.82, 2.24) is 35.0 Å². The van der Waals surface area contributed by atoms with E-state index in [0.29, 0.717) is 45.3 Å². The first-order valence-electron chi connectivity index (χ1n) is 16.0. The first-order valence-corrected chi connectivity index (χ1v) is 16.0. The van der Waals surface area contributed by atoms with Gasteiger partial charge in [0.2, 0.25) is 5.91 Å². The average molecular weight is 623 g/mol. The predicted octanol–water partition coefficient (Wildman–Crippen LogP) is 3.31. The molecule has 4 fully saturated rings. The number of rotatable bonds is 4. The molecule has 2 aromatic rings. The third-order valence-corrected chi connectivity index (χ3v) is 10.1. The van der Waals surface area contributed by atoms with Gasteiger partial charge in [-0.15, -0.1) is 5.10 Å². The molecule has 5 heterocycles. The van der Waals surface area contributed by atoms with Crippen LogP contribution in [0, 0.1) is 11.7 Å². The normalized spacial score (nSPS) is 28.5. The molecule has 4 aliphatic rings. The van der Waals surface area contributed by atoms with Gasteiger partial charge in [0.1, 0.15) is 11.7 Å². The number of carbonyl (C=O) groups is 2. The van der Waals surface area contributed by atoms with E-state index >= 15 is 4.39 Å². The summed E-state index contributed by atoms with van der Waals surface area (Å²) < 4.78 is 58.8. The van der Waals surface area contributed by atoms with E-state index in [-0.39, 0.29) is 28.9 Å². The van der Waals surface area contributed by atoms with Gasteiger partial charge in [-0.3, -0.25) is 14.5 Å². The van der Waals surface area contributed by atoms with Crippen molar-refractivity contribution in [2.45, 2.75) is 100 Å². The van der Waals surface area contributed by atoms with Gasteiger partial charge in [-0.2, -0.15) is 0 Å². The summed E-state index contributed by atoms with van der Waals surface area (Å²) >= 11 is 0. The van der Waals surface area contributed by atoms with Crippen LogP contribution >= 0.6 is 0 Å². The smallest absolute Gasteiger partial charge is 0.282 e. The van der Waals surface area contributed by atoms with Crippen molar-refractivity contribution in [1.29, 1.82) is 0 Å². The standard InChI is InChI=1S/C30H42F4N8O2/c31-20-14-36-26-22(25(35)39-42(26)16-20)27(43)38-21-15-37-29(10-6-4-2-1-3-5-7-11-29)24(32)23(21)40-12-8-19(9-13-40)28(44)41-17-30(33,34)18-41/h14,16,19,21,23-24,37H,1-13,15,17-18H2,(H2,35,39)(H,38,43). The molecule has 2 amide bonds. The van der Waals surface area contributed by atoms with Crippen LogP contribution in [0.15, 0.2) is 12.4 Å². The highest BCUT2D eigenvalue weighted by Crippen LogP contribution is 2.38. The minimum atomic E-state index is -2.82. The predicted molar refractivity (Wildman–Crippen MR) is 155 cm³/mol. The van der Waals surface area contributed by atoms with Gasteiger partial charge in [0.15, 0.2) is 17.3 Å². The number of nitrogens with zero attached hydrogens (tertiary/aromatic N) is 5. The largest absolute Gasteiger partial charge is 0.381 e. The van der Waals surface area contributed by atoms with Crippen molar-refractivity contribution in [3.63, 3.8) is 0 Å². The number of halogens is 4. The first-order chi connectivity index (χ1) is 21.1. The van der Waals surface area contributed by atoms with Gasteiger partial charge in [-0.25, -0.2) is 27.1 Å². The van der Waals surface area contributed by atoms with Crippen LogP contribution in [0.1, 0.15) is 81.0 Å². The molecule has 3 saturated heterocycles. The molecular weight excluding hydrogens is 580 g/mol. The van der Waals surface area contributed by atoms with E-state index in [1.54, 1.807) is 0 Å². The summed E-state index contributed by atoms with van der Waals surface area (Å²) in [7, 11) is 0. The number of aromatic nitrogens is 3. The minimum Gasteiger partial charge on any atom is -0.381 e. The quantitative estimate of drug-likeness (QED) is 0.448. The highest BCUT2D eigenvalue weighted by atomic mass is 19.3. The van der Waals surface area contributed by atoms with Gasteiger partial charge in [-0.05, 0) is 38.8 Å². The Bertz CT molecular complexity index is 1350. The Morgan fingerprint density at radius 2 is 1.66 bits per heavy atom. The summed E-state index contributed by atoms with van der Waals surface area (Å²) in [5.41, 5.74) is 5.40. The lowest BCUT2D eigenvalue weighted by molar-refractivity contribution is -0.171. The first kappa shape index (κ1) is 31.0. The third-order valence-electron chi connectivity index (χ3n) is 10.1. The lowest BCUT2D eigenvalue weighted by atomic mass is 9.73. The number of hydrogen-bond donors (Lipinski definition) is 3. The molecule has 44 heavy (non-hydrogen) atoms. The molecule has 10 nitrogen and oxygen atoms in total. The molecule has 0 aromatic carbocycles. The molecule has 3 unspecified atom stereocenters. The number of likely N-dealkylation sites (tertiary alicyclic amines) is 2. The van der Waals surface area contributed by atoms with Gasteiger partial charge in [0.25, 0.3) is 11.8 Å². The molecule has 1 saturated carbocycles. The lowest BCUT2D eigenvalue weighted by Crippen LogP contribution is -2.73. The van der Waals surface area contributed by atoms with E-state index in [9.17, 15) is 22.8 Å². The monoisotopic (exact) mass is 622 g/mol. The van der Waals surface area contributed by atoms with Gasteiger partial charge >= 0.3 is 0 Å². The number of nitrogens with one attached hydrogen (secondary N) is 2. The van der Waals surface area contributed by atoms with Crippen LogP contribution in [-0.2, 0) is 4.79 Å². The van der Waals surface area contributed by atoms with Crippen molar-refractivity contribution >= 4 is 23.3 Å². The molecule has 4 N–H and O–H groups in total. The Hall–Kier alpha value is -3.00. The maximum Gasteiger partial charge on any atom is 0.282 e. The highest BCUT2D eigenvalue weighted by molar-refractivity contribution is 6.04. The lowest BCUT2D eigenvalue weighted by Gasteiger charge is -2.53. The second-order valence-corrected chi connectivity index (χ2v) is 13.1. The van der Waals surface area contributed by atoms with Crippen LogP contribution in [0.5, 0.6) is 0 Å². The molecule has 1 aliphatic carbocycles. The topological polar surface area (TPSA) is 121 Å². The molecule has 3 atom stereocenters. The summed E-state index contributed by atoms with van der Waals surface area (Å²) in [4.78, 5) is 33.7. The fourth-order valence-corrected chi connectivity index (χ4v) is 7.74. The summed E-state index contributed by atoms with van der Waals surface area (Å²) in [6, 6.07) is -1.32. The summed E-state index contributed by atoms with van der Waals surface area (Å²) in [5.74, 6) is -4.80. The van der Waals surface area contributed by atoms with Crippen LogP contribution in [0.4, 0.5) is 23.4 Å². The number of amides is 2. The van der Waals surface area contributed by atoms with Crippen LogP contribution in [-0.4, -0.2) is 98.7 Å². The van der Waals surface area contributed by atoms with Crippen LogP contribution in [0.2, 0.25) is 0 Å². The van der Waals surface area contributed by atoms with Gasteiger partial charge in [0.05, 0.1) is 43.1 Å². The Balaban J connectivity index is 1.22. The van der Waals surface area contributed by atoms with Crippen molar-refractivity contribution in [3.05, 3.63) is 23.8 Å². The number of nitrogens with two attached hydrogens (primary N) is 1. The van der Waals surface area contributed by atoms with Crippen LogP contribution in [0.3, 0.4) is 0 Å². The highest BCUT2D eigenvalue weighted by Gasteiger charge is 2.53. The second-order valence-electron chi connectivity index (χ2n) is 13.1. The van der Waals surface area contributed by atoms with Crippen molar-refractivity contribution in [2.24, 2.45) is 5.92 Å². The van der Waals surface area contributed by atoms with Gasteiger partial charge in [0, 0.05) is 12.5 Å². The number of hydrogen-bond acceptors (Lipinski definition) is 7. The number of anilines is 1. The maximum atomic E-state index is 17.2. The molecule has 0 radical (unpaired) electrons. The zero-order chi connectivity index (χ0) is 31.1. The zero-order valence-electron chi connectivity index (χ0n) is 24.9. The molecule has 6 rings (SSSR count). The van der Waals surface area contributed by atoms with E-state index in [1.807, 2.05) is 4.90 Å². The van der Waals surface area contributed by atoms with Crippen LogP contribution in [0.25, 0.3) is 5.65 Å². The molecule has 0 bridgehead atoms. The van der Waals surface area contributed by atoms with Gasteiger partial charge < -0.3 is 21.3 Å². The summed E-state index contributed by atoms with van der Waals surface area (Å²) in [6.45, 7) is 0.0663. The van der Waals surface area contributed by atoms with Crippen molar-refractivity contribution < 1.29 is 27.2 Å². The zero-order valence-corrected chi connectivity index (χ0v) is 24.9. The molecular formula is C30H42F4N8O2. The number of piperidine rings is 2. The Morgan fingerprint density at radius 3 is 2.30 bits per heavy atom. The third kappa shape index (κ3) is 6.11. The van der Waals surface area contributed by atoms with Crippen LogP contribution < -0.4 is 16.4 Å². The molecule has 1 spiro atoms. The number of carbonyl (C=O) groups excluding carboxylic acids is 2. The van der Waals surface area contributed by atoms with E-state index in [0.717, 1.165) is 55.4 Å². The Kier molecular flexibility index (Phi) is 8.75. The van der Waals surface area contributed by atoms with E-state index in [2.05, 4.69) is 20.7 Å². The summed E-state index contributed by atoms with van der Waals surface area (Å²) in [5, 5.41) is 10.5. The SMILES string of the molecule is Nc1nn2cc(F)cnc2c1C(=O)NC1CNC2(CCCCCCCCC2)C(F)C1N1CCC(C(=O)N2CC(F)(F)C2)CC1. The Labute approximate surface area is 254 Å². The fourth-order valence-electron chi connectivity index (χ4n) is 7.74. The number of nitrogen functional groups attached to an aromatic ring is 1. The Morgan fingerprint density at radius 1 is 1.02 bits per heavy atom. The second kappa shape index (κ2) is 12.4. The molecule has 14 heteroatoms. The van der Waals surface area contributed by atoms with E-state index in [4.69, 9.17) is 5.73 Å². The minimum absolute atomic E-state index is 0.00575. The van der Waals surface area contributed by atoms with Crippen molar-refractivity contribution in [3.8, 4) is 0 Å². The fraction of sp³-hybridized carbons (Fsp3) is 0.733. The summed E-state index contributed by atoms with van der Waals surface area (Å²) in [6.07, 6.45) is 10.4. The molecule has 242 valence electrons. The average Bonchev–Trinajstić information content (AvgIpc) is 3.31. The number of fused-ring (bicyclic) bond motifs is 1. The maximum absolute atomic E-state index is 17.2.